The summed E-state index contributed by atoms with van der Waals surface area (Å²) in [5, 5.41) is 5.42. The lowest BCUT2D eigenvalue weighted by Crippen LogP contribution is -2.24. The smallest absolute Gasteiger partial charge is 0.272 e. The zero-order chi connectivity index (χ0) is 20.1. The highest BCUT2D eigenvalue weighted by Crippen LogP contribution is 2.22. The van der Waals surface area contributed by atoms with Gasteiger partial charge in [-0.05, 0) is 47.9 Å². The molecule has 0 radical (unpaired) electrons. The molecule has 7 heteroatoms. The Morgan fingerprint density at radius 2 is 2.14 bits per heavy atom. The number of thioether (sulfide) groups is 1. The molecule has 0 unspecified atom stereocenters. The fraction of sp³-hybridized carbons (Fsp3) is 0.381. The highest BCUT2D eigenvalue weighted by Gasteiger charge is 2.14. The third kappa shape index (κ3) is 5.02. The van der Waals surface area contributed by atoms with Crippen LogP contribution in [0.1, 0.15) is 32.8 Å². The largest absolute Gasteiger partial charge is 0.325 e. The maximum atomic E-state index is 12.8. The molecule has 0 bridgehead atoms. The number of hydrogen-bond donors (Lipinski definition) is 1. The maximum absolute atomic E-state index is 12.8. The van der Waals surface area contributed by atoms with Crippen LogP contribution in [0, 0.1) is 5.92 Å². The standard InChI is InChI=1S/C21H25N3O2S2/c1-4-15-6-5-7-16(12-15)22-18(25)13-28-21-23-17-9-11-27-19(17)20(26)24(21)10-8-14(2)3/h5-7,9,11-12,14H,4,8,10,13H2,1-3H3,(H,22,25). The molecule has 0 aliphatic carbocycles. The first kappa shape index (κ1) is 20.6. The second-order valence-electron chi connectivity index (χ2n) is 7.06. The number of rotatable bonds is 8. The Morgan fingerprint density at radius 3 is 2.89 bits per heavy atom. The van der Waals surface area contributed by atoms with Crippen molar-refractivity contribution < 1.29 is 4.79 Å². The zero-order valence-electron chi connectivity index (χ0n) is 16.4. The highest BCUT2D eigenvalue weighted by atomic mass is 32.2. The molecule has 0 saturated carbocycles. The van der Waals surface area contributed by atoms with Crippen LogP contribution in [0.5, 0.6) is 0 Å². The fourth-order valence-electron chi connectivity index (χ4n) is 2.81. The summed E-state index contributed by atoms with van der Waals surface area (Å²) in [6.45, 7) is 6.96. The van der Waals surface area contributed by atoms with Gasteiger partial charge in [-0.2, -0.15) is 0 Å². The molecule has 148 valence electrons. The number of aryl methyl sites for hydroxylation is 1. The summed E-state index contributed by atoms with van der Waals surface area (Å²) >= 11 is 2.73. The summed E-state index contributed by atoms with van der Waals surface area (Å²) in [5.41, 5.74) is 2.66. The van der Waals surface area contributed by atoms with Gasteiger partial charge in [-0.15, -0.1) is 11.3 Å². The molecule has 5 nitrogen and oxygen atoms in total. The number of nitrogens with zero attached hydrogens (tertiary/aromatic N) is 2. The van der Waals surface area contributed by atoms with Crippen LogP contribution < -0.4 is 10.9 Å². The minimum absolute atomic E-state index is 0.0146. The van der Waals surface area contributed by atoms with Crippen LogP contribution in [0.2, 0.25) is 0 Å². The zero-order valence-corrected chi connectivity index (χ0v) is 18.0. The van der Waals surface area contributed by atoms with Crippen molar-refractivity contribution in [2.45, 2.75) is 45.3 Å². The molecule has 0 saturated heterocycles. The Hall–Kier alpha value is -2.12. The topological polar surface area (TPSA) is 64.0 Å². The summed E-state index contributed by atoms with van der Waals surface area (Å²) in [5.74, 6) is 0.589. The molecule has 3 aromatic rings. The van der Waals surface area contributed by atoms with Crippen molar-refractivity contribution in [3.05, 3.63) is 51.6 Å². The van der Waals surface area contributed by atoms with E-state index in [-0.39, 0.29) is 17.2 Å². The molecule has 0 aliphatic heterocycles. The van der Waals surface area contributed by atoms with Crippen LogP contribution in [0.4, 0.5) is 5.69 Å². The van der Waals surface area contributed by atoms with Gasteiger partial charge >= 0.3 is 0 Å². The summed E-state index contributed by atoms with van der Waals surface area (Å²) < 4.78 is 2.39. The number of benzene rings is 1. The van der Waals surface area contributed by atoms with Crippen molar-refractivity contribution in [1.29, 1.82) is 0 Å². The number of amides is 1. The average molecular weight is 416 g/mol. The summed E-state index contributed by atoms with van der Waals surface area (Å²) in [4.78, 5) is 29.9. The molecule has 0 aliphatic rings. The first-order valence-electron chi connectivity index (χ1n) is 9.47. The third-order valence-electron chi connectivity index (χ3n) is 4.41. The minimum Gasteiger partial charge on any atom is -0.325 e. The number of carbonyl (C=O) groups is 1. The van der Waals surface area contributed by atoms with E-state index in [9.17, 15) is 9.59 Å². The van der Waals surface area contributed by atoms with Crippen LogP contribution in [0.3, 0.4) is 0 Å². The lowest BCUT2D eigenvalue weighted by molar-refractivity contribution is -0.113. The molecule has 1 aromatic carbocycles. The van der Waals surface area contributed by atoms with Gasteiger partial charge < -0.3 is 5.32 Å². The van der Waals surface area contributed by atoms with E-state index in [4.69, 9.17) is 0 Å². The van der Waals surface area contributed by atoms with E-state index in [0.29, 0.717) is 27.8 Å². The number of carbonyl (C=O) groups excluding carboxylic acids is 1. The number of thiophene rings is 1. The molecule has 1 N–H and O–H groups in total. The normalized spacial score (nSPS) is 11.3. The molecule has 2 aromatic heterocycles. The van der Waals surface area contributed by atoms with Crippen molar-refractivity contribution >= 4 is 44.9 Å². The van der Waals surface area contributed by atoms with E-state index >= 15 is 0 Å². The molecule has 2 heterocycles. The molecule has 28 heavy (non-hydrogen) atoms. The number of fused-ring (bicyclic) bond motifs is 1. The second kappa shape index (κ2) is 9.39. The van der Waals surface area contributed by atoms with Crippen LogP contribution in [0.25, 0.3) is 10.2 Å². The minimum atomic E-state index is -0.103. The summed E-state index contributed by atoms with van der Waals surface area (Å²) in [6.07, 6.45) is 1.81. The lowest BCUT2D eigenvalue weighted by Gasteiger charge is -2.13. The Morgan fingerprint density at radius 1 is 1.32 bits per heavy atom. The van der Waals surface area contributed by atoms with Crippen LogP contribution in [0.15, 0.2) is 45.7 Å². The quantitative estimate of drug-likeness (QED) is 0.424. The Labute approximate surface area is 173 Å². The first-order valence-corrected chi connectivity index (χ1v) is 11.3. The molecule has 1 amide bonds. The van der Waals surface area contributed by atoms with E-state index in [0.717, 1.165) is 18.5 Å². The van der Waals surface area contributed by atoms with E-state index in [2.05, 4.69) is 31.1 Å². The maximum Gasteiger partial charge on any atom is 0.272 e. The summed E-state index contributed by atoms with van der Waals surface area (Å²) in [7, 11) is 0. The first-order chi connectivity index (χ1) is 13.5. The predicted molar refractivity (Wildman–Crippen MR) is 119 cm³/mol. The number of aromatic nitrogens is 2. The number of hydrogen-bond acceptors (Lipinski definition) is 5. The Kier molecular flexibility index (Phi) is 6.91. The highest BCUT2D eigenvalue weighted by molar-refractivity contribution is 7.99. The van der Waals surface area contributed by atoms with Crippen molar-refractivity contribution in [3.8, 4) is 0 Å². The van der Waals surface area contributed by atoms with Crippen LogP contribution in [-0.2, 0) is 17.8 Å². The average Bonchev–Trinajstić information content (AvgIpc) is 3.14. The number of anilines is 1. The molecule has 0 fully saturated rings. The van der Waals surface area contributed by atoms with E-state index in [1.807, 2.05) is 35.7 Å². The third-order valence-corrected chi connectivity index (χ3v) is 6.28. The molecular weight excluding hydrogens is 390 g/mol. The Balaban J connectivity index is 1.75. The molecule has 0 spiro atoms. The van der Waals surface area contributed by atoms with Crippen LogP contribution >= 0.6 is 23.1 Å². The van der Waals surface area contributed by atoms with Crippen molar-refractivity contribution in [2.75, 3.05) is 11.1 Å². The van der Waals surface area contributed by atoms with Gasteiger partial charge in [0.15, 0.2) is 5.16 Å². The van der Waals surface area contributed by atoms with Gasteiger partial charge in [0.25, 0.3) is 5.56 Å². The van der Waals surface area contributed by atoms with E-state index < -0.39 is 0 Å². The number of nitrogens with one attached hydrogen (secondary N) is 1. The van der Waals surface area contributed by atoms with Crippen LogP contribution in [-0.4, -0.2) is 21.2 Å². The lowest BCUT2D eigenvalue weighted by atomic mass is 10.1. The van der Waals surface area contributed by atoms with Gasteiger partial charge in [-0.3, -0.25) is 14.2 Å². The van der Waals surface area contributed by atoms with Gasteiger partial charge in [0.2, 0.25) is 5.91 Å². The second-order valence-corrected chi connectivity index (χ2v) is 8.92. The van der Waals surface area contributed by atoms with Gasteiger partial charge in [0, 0.05) is 12.2 Å². The molecular formula is C21H25N3O2S2. The monoisotopic (exact) mass is 415 g/mol. The van der Waals surface area contributed by atoms with E-state index in [1.165, 1.54) is 28.7 Å². The molecule has 0 atom stereocenters. The summed E-state index contributed by atoms with van der Waals surface area (Å²) in [6, 6.07) is 9.70. The van der Waals surface area contributed by atoms with Gasteiger partial charge in [-0.1, -0.05) is 44.7 Å². The van der Waals surface area contributed by atoms with Crippen molar-refractivity contribution in [2.24, 2.45) is 5.92 Å². The van der Waals surface area contributed by atoms with Crippen molar-refractivity contribution in [1.82, 2.24) is 9.55 Å². The van der Waals surface area contributed by atoms with Crippen molar-refractivity contribution in [3.63, 3.8) is 0 Å². The van der Waals surface area contributed by atoms with Gasteiger partial charge in [0.1, 0.15) is 4.70 Å². The van der Waals surface area contributed by atoms with Gasteiger partial charge in [0.05, 0.1) is 11.3 Å². The van der Waals surface area contributed by atoms with Gasteiger partial charge in [-0.25, -0.2) is 4.98 Å². The molecule has 3 rings (SSSR count). The van der Waals surface area contributed by atoms with E-state index in [1.54, 1.807) is 4.57 Å². The predicted octanol–water partition coefficient (Wildman–Crippen LogP) is 4.80. The Bertz CT molecular complexity index is 1020. The SMILES string of the molecule is CCc1cccc(NC(=O)CSc2nc3ccsc3c(=O)n2CCC(C)C)c1. The fourth-order valence-corrected chi connectivity index (χ4v) is 4.42.